The van der Waals surface area contributed by atoms with Crippen molar-refractivity contribution >= 4 is 39.5 Å². The summed E-state index contributed by atoms with van der Waals surface area (Å²) in [6.45, 7) is 14.2. The fourth-order valence-electron chi connectivity index (χ4n) is 11.3. The summed E-state index contributed by atoms with van der Waals surface area (Å²) >= 11 is 0. The molecule has 3 N–H and O–H groups in total. The maximum Gasteiger partial charge on any atom is 0.472 e. The first-order valence-corrected chi connectivity index (χ1v) is 41.7. The van der Waals surface area contributed by atoms with E-state index >= 15 is 0 Å². The molecular weight excluding hydrogens is 1230 g/mol. The number of phosphoric acid groups is 2. The number of carbonyl (C=O) groups excluding carboxylic acids is 4. The van der Waals surface area contributed by atoms with E-state index in [4.69, 9.17) is 37.0 Å². The van der Waals surface area contributed by atoms with Crippen LogP contribution in [0.2, 0.25) is 0 Å². The second kappa shape index (κ2) is 64.4. The lowest BCUT2D eigenvalue weighted by Crippen LogP contribution is -2.30. The van der Waals surface area contributed by atoms with Crippen molar-refractivity contribution in [2.45, 2.75) is 395 Å². The summed E-state index contributed by atoms with van der Waals surface area (Å²) in [5.74, 6) is 0.922. The smallest absolute Gasteiger partial charge is 0.462 e. The van der Waals surface area contributed by atoms with Crippen molar-refractivity contribution in [1.29, 1.82) is 0 Å². The second-order valence-corrected chi connectivity index (χ2v) is 31.6. The predicted molar refractivity (Wildman–Crippen MR) is 381 cm³/mol. The quantitative estimate of drug-likeness (QED) is 0.0222. The van der Waals surface area contributed by atoms with Crippen LogP contribution in [0.4, 0.5) is 0 Å². The molecule has 17 nitrogen and oxygen atoms in total. The van der Waals surface area contributed by atoms with Gasteiger partial charge in [-0.15, -0.1) is 0 Å². The number of ether oxygens (including phenoxy) is 4. The fraction of sp³-hybridized carbons (Fsp3) is 0.947. The van der Waals surface area contributed by atoms with Crippen molar-refractivity contribution in [2.75, 3.05) is 39.6 Å². The highest BCUT2D eigenvalue weighted by molar-refractivity contribution is 7.47. The fourth-order valence-corrected chi connectivity index (χ4v) is 12.9. The summed E-state index contributed by atoms with van der Waals surface area (Å²) in [5, 5.41) is 10.6. The second-order valence-electron chi connectivity index (χ2n) is 28.7. The third-order valence-corrected chi connectivity index (χ3v) is 19.6. The highest BCUT2D eigenvalue weighted by Crippen LogP contribution is 2.45. The van der Waals surface area contributed by atoms with Gasteiger partial charge in [0, 0.05) is 25.7 Å². The Labute approximate surface area is 575 Å². The number of unbranched alkanes of at least 4 members (excludes halogenated alkanes) is 37. The third kappa shape index (κ3) is 67.3. The first kappa shape index (κ1) is 92.1. The van der Waals surface area contributed by atoms with Crippen molar-refractivity contribution in [3.8, 4) is 0 Å². The van der Waals surface area contributed by atoms with Crippen molar-refractivity contribution in [1.82, 2.24) is 0 Å². The Balaban J connectivity index is 5.23. The maximum atomic E-state index is 13.1. The lowest BCUT2D eigenvalue weighted by molar-refractivity contribution is -0.161. The van der Waals surface area contributed by atoms with Crippen LogP contribution in [0.3, 0.4) is 0 Å². The van der Waals surface area contributed by atoms with Crippen molar-refractivity contribution in [2.24, 2.45) is 23.7 Å². The van der Waals surface area contributed by atoms with Gasteiger partial charge in [0.25, 0.3) is 0 Å². The number of aliphatic hydroxyl groups is 1. The Morgan fingerprint density at radius 2 is 0.511 bits per heavy atom. The molecule has 0 aromatic rings. The average molecular weight is 1380 g/mol. The van der Waals surface area contributed by atoms with E-state index in [1.807, 2.05) is 0 Å². The summed E-state index contributed by atoms with van der Waals surface area (Å²) in [4.78, 5) is 72.7. The van der Waals surface area contributed by atoms with Gasteiger partial charge in [-0.1, -0.05) is 325 Å². The first-order valence-electron chi connectivity index (χ1n) is 38.7. The Hall–Kier alpha value is -1.94. The average Bonchev–Trinajstić information content (AvgIpc) is 1.68. The molecule has 6 atom stereocenters. The number of carbonyl (C=O) groups is 4. The van der Waals surface area contributed by atoms with Crippen LogP contribution < -0.4 is 0 Å². The monoisotopic (exact) mass is 1380 g/mol. The number of phosphoric ester groups is 2. The van der Waals surface area contributed by atoms with Gasteiger partial charge in [0.2, 0.25) is 0 Å². The van der Waals surface area contributed by atoms with Crippen LogP contribution in [-0.2, 0) is 65.4 Å². The minimum atomic E-state index is -4.96. The van der Waals surface area contributed by atoms with Crippen molar-refractivity contribution in [3.63, 3.8) is 0 Å². The van der Waals surface area contributed by atoms with Gasteiger partial charge in [0.15, 0.2) is 12.2 Å². The molecule has 0 saturated heterocycles. The number of hydrogen-bond acceptors (Lipinski definition) is 15. The molecule has 0 fully saturated rings. The highest BCUT2D eigenvalue weighted by atomic mass is 31.2. The summed E-state index contributed by atoms with van der Waals surface area (Å²) in [7, 11) is -9.91. The zero-order chi connectivity index (χ0) is 69.6. The van der Waals surface area contributed by atoms with Crippen LogP contribution >= 0.6 is 15.6 Å². The largest absolute Gasteiger partial charge is 0.472 e. The van der Waals surface area contributed by atoms with E-state index in [0.717, 1.165) is 114 Å². The summed E-state index contributed by atoms with van der Waals surface area (Å²) in [6, 6.07) is 0. The van der Waals surface area contributed by atoms with Gasteiger partial charge in [-0.3, -0.25) is 37.3 Å². The molecule has 0 aromatic carbocycles. The van der Waals surface area contributed by atoms with Gasteiger partial charge < -0.3 is 33.8 Å². The molecule has 0 aliphatic rings. The normalized spacial score (nSPS) is 14.4. The molecule has 0 amide bonds. The minimum Gasteiger partial charge on any atom is -0.462 e. The molecule has 0 aromatic heterocycles. The molecule has 0 bridgehead atoms. The molecule has 0 radical (unpaired) electrons. The SMILES string of the molecule is CCC(C)CCCCCCCCCCCCCCCCC(=O)O[C@H](COC(=O)CCCCCCCCCCCC(C)C)COP(=O)(O)OC[C@@H](O)COP(=O)(O)OC[C@@H](COC(=O)CCCCCCCCC(C)C)OC(=O)CCCCCCCCCCCCCCC(C)C. The maximum absolute atomic E-state index is 13.1. The Bertz CT molecular complexity index is 1850. The zero-order valence-electron chi connectivity index (χ0n) is 61.6. The van der Waals surface area contributed by atoms with Gasteiger partial charge in [0.1, 0.15) is 19.3 Å². The van der Waals surface area contributed by atoms with Gasteiger partial charge in [0.05, 0.1) is 26.4 Å². The molecule has 0 saturated carbocycles. The molecule has 0 rings (SSSR count). The van der Waals surface area contributed by atoms with E-state index in [0.29, 0.717) is 31.6 Å². The van der Waals surface area contributed by atoms with Gasteiger partial charge >= 0.3 is 39.5 Å². The van der Waals surface area contributed by atoms with Crippen molar-refractivity contribution < 1.29 is 80.2 Å². The van der Waals surface area contributed by atoms with E-state index in [2.05, 4.69) is 55.4 Å². The summed E-state index contributed by atoms with van der Waals surface area (Å²) in [5.41, 5.74) is 0. The van der Waals surface area contributed by atoms with E-state index in [-0.39, 0.29) is 25.7 Å². The van der Waals surface area contributed by atoms with E-state index < -0.39 is 97.5 Å². The standard InChI is InChI=1S/C75H146O17P2/c1-9-68(8)54-46-38-29-23-17-12-10-11-13-18-24-31-41-49-57-74(79)91-70(61-85-72(77)55-47-39-30-26-20-22-28-36-44-52-66(4)5)63-89-93(81,82)87-59-69(76)60-88-94(83,84)90-64-71(62-86-73(78)56-48-40-34-33-37-45-53-67(6)7)92-75(80)58-50-42-32-25-19-15-14-16-21-27-35-43-51-65(2)3/h65-71,76H,9-64H2,1-8H3,(H,81,82)(H,83,84)/t68?,69-,70-,71-/m1/s1. The topological polar surface area (TPSA) is 237 Å². The lowest BCUT2D eigenvalue weighted by Gasteiger charge is -2.21. The molecule has 3 unspecified atom stereocenters. The third-order valence-electron chi connectivity index (χ3n) is 17.7. The number of esters is 4. The molecule has 0 heterocycles. The van der Waals surface area contributed by atoms with E-state index in [1.54, 1.807) is 0 Å². The number of rotatable bonds is 72. The molecule has 558 valence electrons. The van der Waals surface area contributed by atoms with Crippen LogP contribution in [0.1, 0.15) is 376 Å². The van der Waals surface area contributed by atoms with Crippen LogP contribution in [0, 0.1) is 23.7 Å². The highest BCUT2D eigenvalue weighted by Gasteiger charge is 2.30. The Morgan fingerprint density at radius 1 is 0.298 bits per heavy atom. The minimum absolute atomic E-state index is 0.105. The van der Waals surface area contributed by atoms with E-state index in [9.17, 15) is 43.2 Å². The van der Waals surface area contributed by atoms with Crippen LogP contribution in [0.5, 0.6) is 0 Å². The molecule has 19 heteroatoms. The predicted octanol–water partition coefficient (Wildman–Crippen LogP) is 21.7. The summed E-state index contributed by atoms with van der Waals surface area (Å²) < 4.78 is 68.5. The molecule has 94 heavy (non-hydrogen) atoms. The lowest BCUT2D eigenvalue weighted by atomic mass is 9.99. The van der Waals surface area contributed by atoms with Gasteiger partial charge in [-0.2, -0.15) is 0 Å². The molecule has 0 aliphatic carbocycles. The van der Waals surface area contributed by atoms with Crippen LogP contribution in [0.25, 0.3) is 0 Å². The summed E-state index contributed by atoms with van der Waals surface area (Å²) in [6.07, 6.45) is 48.7. The Kier molecular flexibility index (Phi) is 63.1. The number of aliphatic hydroxyl groups excluding tert-OH is 1. The van der Waals surface area contributed by atoms with Crippen LogP contribution in [0.15, 0.2) is 0 Å². The number of hydrogen-bond donors (Lipinski definition) is 3. The Morgan fingerprint density at radius 3 is 0.755 bits per heavy atom. The van der Waals surface area contributed by atoms with E-state index in [1.165, 1.54) is 173 Å². The molecule has 0 aliphatic heterocycles. The molecule has 0 spiro atoms. The zero-order valence-corrected chi connectivity index (χ0v) is 63.4. The first-order chi connectivity index (χ1) is 45.1. The van der Waals surface area contributed by atoms with Crippen LogP contribution in [-0.4, -0.2) is 96.7 Å². The van der Waals surface area contributed by atoms with Gasteiger partial charge in [-0.25, -0.2) is 9.13 Å². The molecular formula is C75H146O17P2. The van der Waals surface area contributed by atoms with Crippen molar-refractivity contribution in [3.05, 3.63) is 0 Å². The van der Waals surface area contributed by atoms with Gasteiger partial charge in [-0.05, 0) is 49.4 Å².